The molecule has 9 nitrogen and oxygen atoms in total. The van der Waals surface area contributed by atoms with Gasteiger partial charge in [-0.2, -0.15) is 4.98 Å². The molecule has 3 heterocycles. The van der Waals surface area contributed by atoms with Crippen molar-refractivity contribution in [2.45, 2.75) is 23.8 Å². The van der Waals surface area contributed by atoms with Crippen molar-refractivity contribution in [3.05, 3.63) is 76.5 Å². The van der Waals surface area contributed by atoms with Gasteiger partial charge in [-0.3, -0.25) is 13.6 Å². The summed E-state index contributed by atoms with van der Waals surface area (Å²) in [4.78, 5) is 29.7. The number of nitrogens with one attached hydrogen (secondary N) is 1. The lowest BCUT2D eigenvalue weighted by molar-refractivity contribution is 0.384. The van der Waals surface area contributed by atoms with E-state index in [-0.39, 0.29) is 16.7 Å². The van der Waals surface area contributed by atoms with Crippen LogP contribution in [0.5, 0.6) is 0 Å². The number of rotatable bonds is 11. The van der Waals surface area contributed by atoms with E-state index in [2.05, 4.69) is 40.3 Å². The predicted molar refractivity (Wildman–Crippen MR) is 179 cm³/mol. The summed E-state index contributed by atoms with van der Waals surface area (Å²) in [6, 6.07) is 14.3. The number of hydrogen-bond acceptors (Lipinski definition) is 8. The van der Waals surface area contributed by atoms with E-state index in [4.69, 9.17) is 4.98 Å². The van der Waals surface area contributed by atoms with Crippen LogP contribution in [0.25, 0.3) is 22.2 Å². The molecule has 1 aliphatic heterocycles. The van der Waals surface area contributed by atoms with E-state index in [1.54, 1.807) is 22.9 Å². The van der Waals surface area contributed by atoms with Crippen LogP contribution in [0.4, 0.5) is 16.0 Å². The van der Waals surface area contributed by atoms with Crippen LogP contribution in [0, 0.1) is 5.82 Å². The molecular formula is C33H42FN7O2S. The lowest BCUT2D eigenvalue weighted by Gasteiger charge is -2.17. The Balaban J connectivity index is 1.48. The third-order valence-corrected chi connectivity index (χ3v) is 10.1. The fourth-order valence-corrected chi connectivity index (χ4v) is 7.02. The zero-order valence-corrected chi connectivity index (χ0v) is 27.0. The minimum Gasteiger partial charge on any atom is -0.324 e. The zero-order chi connectivity index (χ0) is 31.6. The minimum absolute atomic E-state index is 0.137. The predicted octanol–water partition coefficient (Wildman–Crippen LogP) is 3.96. The van der Waals surface area contributed by atoms with Gasteiger partial charge >= 0.3 is 0 Å². The largest absolute Gasteiger partial charge is 0.324 e. The van der Waals surface area contributed by atoms with Crippen LogP contribution >= 0.6 is 0 Å². The Morgan fingerprint density at radius 3 is 2.41 bits per heavy atom. The van der Waals surface area contributed by atoms with Crippen molar-refractivity contribution in [3.8, 4) is 11.1 Å². The third-order valence-electron chi connectivity index (χ3n) is 8.16. The molecule has 0 saturated carbocycles. The van der Waals surface area contributed by atoms with Crippen LogP contribution in [0.15, 0.2) is 64.4 Å². The highest BCUT2D eigenvalue weighted by molar-refractivity contribution is 8.00. The van der Waals surface area contributed by atoms with Gasteiger partial charge in [0.2, 0.25) is 5.95 Å². The van der Waals surface area contributed by atoms with Gasteiger partial charge in [0.05, 0.1) is 5.56 Å². The monoisotopic (exact) mass is 619 g/mol. The molecule has 44 heavy (non-hydrogen) atoms. The van der Waals surface area contributed by atoms with Crippen LogP contribution in [-0.2, 0) is 16.1 Å². The molecule has 0 spiro atoms. The number of pyridine rings is 1. The summed E-state index contributed by atoms with van der Waals surface area (Å²) < 4.78 is 30.3. The van der Waals surface area contributed by atoms with Gasteiger partial charge in [-0.15, -0.1) is 0 Å². The molecule has 11 heteroatoms. The molecular weight excluding hydrogens is 577 g/mol. The highest BCUT2D eigenvalue weighted by Crippen LogP contribution is 2.29. The number of halogens is 1. The zero-order valence-electron chi connectivity index (χ0n) is 26.2. The smallest absolute Gasteiger partial charge is 0.260 e. The Morgan fingerprint density at radius 1 is 1.05 bits per heavy atom. The van der Waals surface area contributed by atoms with Gasteiger partial charge in [-0.05, 0) is 105 Å². The first-order valence-electron chi connectivity index (χ1n) is 14.8. The first-order valence-corrected chi connectivity index (χ1v) is 16.7. The van der Waals surface area contributed by atoms with Crippen molar-refractivity contribution in [3.63, 3.8) is 0 Å². The Bertz CT molecular complexity index is 1800. The normalized spacial score (nSPS) is 17.0. The van der Waals surface area contributed by atoms with Crippen molar-refractivity contribution >= 4 is 38.1 Å². The van der Waals surface area contributed by atoms with E-state index in [0.717, 1.165) is 25.2 Å². The first kappa shape index (κ1) is 31.8. The first-order chi connectivity index (χ1) is 20.9. The Kier molecular flexibility index (Phi) is 9.50. The average molecular weight is 620 g/mol. The second kappa shape index (κ2) is 13.2. The number of aromatic nitrogens is 3. The Morgan fingerprint density at radius 2 is 1.77 bits per heavy atom. The van der Waals surface area contributed by atoms with Crippen LogP contribution in [0.2, 0.25) is 0 Å². The van der Waals surface area contributed by atoms with Gasteiger partial charge in [-0.1, -0.05) is 18.2 Å². The number of likely N-dealkylation sites (tertiary alicyclic amines) is 1. The van der Waals surface area contributed by atoms with Gasteiger partial charge in [-0.25, -0.2) is 9.37 Å². The second-order valence-corrected chi connectivity index (χ2v) is 14.7. The molecule has 2 aromatic heterocycles. The van der Waals surface area contributed by atoms with Gasteiger partial charge in [0.1, 0.15) is 11.5 Å². The fraction of sp³-hybridized carbons (Fsp3) is 0.394. The number of likely N-dealkylation sites (N-methyl/N-ethyl adjacent to an activating group) is 2. The summed E-state index contributed by atoms with van der Waals surface area (Å²) in [7, 11) is 7.09. The molecule has 234 valence electrons. The summed E-state index contributed by atoms with van der Waals surface area (Å²) in [5, 5.41) is 3.88. The molecule has 2 aromatic carbocycles. The summed E-state index contributed by atoms with van der Waals surface area (Å²) in [5.74, 6) is 4.47. The highest BCUT2D eigenvalue weighted by atomic mass is 32.2. The van der Waals surface area contributed by atoms with E-state index in [9.17, 15) is 9.00 Å². The summed E-state index contributed by atoms with van der Waals surface area (Å²) >= 11 is 0. The molecule has 1 N–H and O–H groups in total. The van der Waals surface area contributed by atoms with E-state index in [0.29, 0.717) is 53.2 Å². The fourth-order valence-electron chi connectivity index (χ4n) is 5.49. The molecule has 2 atom stereocenters. The van der Waals surface area contributed by atoms with Crippen LogP contribution in [-0.4, -0.2) is 106 Å². The van der Waals surface area contributed by atoms with E-state index in [1.807, 2.05) is 50.1 Å². The van der Waals surface area contributed by atoms with E-state index < -0.39 is 15.3 Å². The molecule has 5 rings (SSSR count). The minimum atomic E-state index is -2.69. The average Bonchev–Trinajstić information content (AvgIpc) is 3.42. The molecule has 0 radical (unpaired) electrons. The summed E-state index contributed by atoms with van der Waals surface area (Å²) in [6.07, 6.45) is 2.81. The molecule has 0 bridgehead atoms. The van der Waals surface area contributed by atoms with Crippen molar-refractivity contribution < 1.29 is 8.60 Å². The number of fused-ring (bicyclic) bond motifs is 1. The molecule has 1 aliphatic rings. The maximum absolute atomic E-state index is 15.6. The molecule has 1 fully saturated rings. The topological polar surface area (TPSA) is 86.6 Å². The van der Waals surface area contributed by atoms with E-state index >= 15 is 4.39 Å². The van der Waals surface area contributed by atoms with Crippen LogP contribution < -0.4 is 10.9 Å². The summed E-state index contributed by atoms with van der Waals surface area (Å²) in [6.45, 7) is 3.68. The van der Waals surface area contributed by atoms with Crippen LogP contribution in [0.3, 0.4) is 0 Å². The van der Waals surface area contributed by atoms with Gasteiger partial charge in [0.15, 0.2) is 0 Å². The molecule has 0 amide bonds. The van der Waals surface area contributed by atoms with Crippen LogP contribution in [0.1, 0.15) is 17.9 Å². The lowest BCUT2D eigenvalue weighted by Crippen LogP contribution is -2.28. The van der Waals surface area contributed by atoms with Crippen molar-refractivity contribution in [1.82, 2.24) is 29.2 Å². The Hall–Kier alpha value is -3.64. The number of benzene rings is 2. The quantitative estimate of drug-likeness (QED) is 0.253. The van der Waals surface area contributed by atoms with Crippen molar-refractivity contribution in [1.29, 1.82) is 0 Å². The van der Waals surface area contributed by atoms with Gasteiger partial charge in [0, 0.05) is 59.7 Å². The lowest BCUT2D eigenvalue weighted by atomic mass is 9.98. The van der Waals surface area contributed by atoms with Crippen molar-refractivity contribution in [2.24, 2.45) is 0 Å². The van der Waals surface area contributed by atoms with E-state index in [1.165, 1.54) is 17.7 Å². The maximum atomic E-state index is 15.6. The maximum Gasteiger partial charge on any atom is 0.260 e. The molecule has 2 unspecified atom stereocenters. The molecule has 4 aromatic rings. The standard InChI is InChI=1S/C33H42FN7O2S/c1-38(2)15-16-41-31-25(21-35-33(37-31)36-26-9-7-23(8-10-26)24-13-14-40(5)22-24)19-29(32(41)42)28-12-11-27(20-30(28)34)44(6,43)18-17-39(3)4/h7-12,19-21,24H,6,13-18,22H2,1-5H3,(H,35,36,37). The second-order valence-electron chi connectivity index (χ2n) is 12.2. The third kappa shape index (κ3) is 7.18. The Labute approximate surface area is 259 Å². The number of anilines is 2. The number of nitrogens with zero attached hydrogens (tertiary/aromatic N) is 6. The van der Waals surface area contributed by atoms with Gasteiger partial charge in [0.25, 0.3) is 5.56 Å². The van der Waals surface area contributed by atoms with Gasteiger partial charge < -0.3 is 20.0 Å². The molecule has 1 saturated heterocycles. The summed E-state index contributed by atoms with van der Waals surface area (Å²) in [5.41, 5.74) is 2.61. The molecule has 0 aliphatic carbocycles. The number of hydrogen-bond donors (Lipinski definition) is 1. The van der Waals surface area contributed by atoms with Crippen molar-refractivity contribution in [2.75, 3.05) is 72.5 Å². The highest BCUT2D eigenvalue weighted by Gasteiger charge is 2.21. The SMILES string of the molecule is C=S(=O)(CCN(C)C)c1ccc(-c2cc3cnc(Nc4ccc(C5CCN(C)C5)cc4)nc3n(CCN(C)C)c2=O)c(F)c1.